The van der Waals surface area contributed by atoms with E-state index in [1.54, 1.807) is 18.7 Å². The molecule has 0 aliphatic rings. The van der Waals surface area contributed by atoms with Gasteiger partial charge in [-0.25, -0.2) is 4.68 Å². The number of nitrogens with zero attached hydrogens (tertiary/aromatic N) is 2. The van der Waals surface area contributed by atoms with Gasteiger partial charge in [-0.15, -0.1) is 0 Å². The van der Waals surface area contributed by atoms with Gasteiger partial charge in [0.1, 0.15) is 16.4 Å². The molecule has 0 fully saturated rings. The van der Waals surface area contributed by atoms with Crippen LogP contribution in [0, 0.1) is 13.8 Å². The number of thiocarbonyl (C=S) groups is 1. The summed E-state index contributed by atoms with van der Waals surface area (Å²) in [5.74, 6) is 0.656. The second kappa shape index (κ2) is 5.42. The summed E-state index contributed by atoms with van der Waals surface area (Å²) in [7, 11) is 1.58. The van der Waals surface area contributed by atoms with Crippen LogP contribution in [0.1, 0.15) is 17.0 Å². The monoisotopic (exact) mass is 289 g/mol. The molecule has 0 amide bonds. The Kier molecular flexibility index (Phi) is 3.85. The van der Waals surface area contributed by atoms with E-state index >= 15 is 0 Å². The van der Waals surface area contributed by atoms with Gasteiger partial charge >= 0.3 is 0 Å². The summed E-state index contributed by atoms with van der Waals surface area (Å²) in [6, 6.07) is 7.18. The molecule has 2 N–H and O–H groups in total. The van der Waals surface area contributed by atoms with Crippen molar-refractivity contribution in [2.24, 2.45) is 5.73 Å². The molecule has 5 nitrogen and oxygen atoms in total. The van der Waals surface area contributed by atoms with E-state index in [2.05, 4.69) is 5.10 Å². The summed E-state index contributed by atoms with van der Waals surface area (Å²) in [6.45, 7) is 3.76. The summed E-state index contributed by atoms with van der Waals surface area (Å²) < 4.78 is 6.95. The van der Waals surface area contributed by atoms with Crippen molar-refractivity contribution in [3.05, 3.63) is 51.4 Å². The SMILES string of the molecule is COc1ccc(C)cc1-n1nc(C(N)=S)c(=O)cc1C. The Balaban J connectivity index is 2.75. The van der Waals surface area contributed by atoms with Gasteiger partial charge in [-0.2, -0.15) is 5.10 Å². The highest BCUT2D eigenvalue weighted by molar-refractivity contribution is 7.80. The molecule has 0 radical (unpaired) electrons. The molecule has 0 aliphatic heterocycles. The zero-order valence-corrected chi connectivity index (χ0v) is 12.3. The Labute approximate surface area is 122 Å². The van der Waals surface area contributed by atoms with Gasteiger partial charge < -0.3 is 10.5 Å². The van der Waals surface area contributed by atoms with Gasteiger partial charge in [0.2, 0.25) is 5.43 Å². The van der Waals surface area contributed by atoms with Crippen LogP contribution in [0.15, 0.2) is 29.1 Å². The summed E-state index contributed by atoms with van der Waals surface area (Å²) >= 11 is 4.86. The third-order valence-corrected chi connectivity index (χ3v) is 3.10. The van der Waals surface area contributed by atoms with Crippen LogP contribution in [-0.4, -0.2) is 21.9 Å². The predicted octanol–water partition coefficient (Wildman–Crippen LogP) is 1.49. The minimum atomic E-state index is -0.280. The number of rotatable bonds is 3. The lowest BCUT2D eigenvalue weighted by Gasteiger charge is -2.14. The second-order valence-electron chi connectivity index (χ2n) is 4.45. The van der Waals surface area contributed by atoms with Crippen molar-refractivity contribution in [3.63, 3.8) is 0 Å². The fraction of sp³-hybridized carbons (Fsp3) is 0.214. The molecule has 0 spiro atoms. The van der Waals surface area contributed by atoms with Crippen LogP contribution in [0.3, 0.4) is 0 Å². The number of benzene rings is 1. The van der Waals surface area contributed by atoms with Crippen molar-refractivity contribution in [3.8, 4) is 11.4 Å². The van der Waals surface area contributed by atoms with Gasteiger partial charge in [0, 0.05) is 11.8 Å². The zero-order chi connectivity index (χ0) is 14.9. The number of hydrogen-bond acceptors (Lipinski definition) is 4. The Hall–Kier alpha value is -2.21. The Bertz CT molecular complexity index is 738. The Morgan fingerprint density at radius 2 is 2.05 bits per heavy atom. The average molecular weight is 289 g/mol. The fourth-order valence-corrected chi connectivity index (χ4v) is 2.07. The molecule has 1 aromatic heterocycles. The largest absolute Gasteiger partial charge is 0.494 e. The minimum absolute atomic E-state index is 0.0182. The molecule has 2 aromatic rings. The lowest BCUT2D eigenvalue weighted by Crippen LogP contribution is -2.26. The topological polar surface area (TPSA) is 70.1 Å². The maximum Gasteiger partial charge on any atom is 0.210 e. The maximum atomic E-state index is 11.8. The molecule has 0 saturated carbocycles. The number of methoxy groups -OCH3 is 1. The van der Waals surface area contributed by atoms with Crippen LogP contribution in [0.5, 0.6) is 5.75 Å². The van der Waals surface area contributed by atoms with Gasteiger partial charge in [0.15, 0.2) is 5.69 Å². The average Bonchev–Trinajstić information content (AvgIpc) is 2.38. The first-order valence-electron chi connectivity index (χ1n) is 6.00. The highest BCUT2D eigenvalue weighted by atomic mass is 32.1. The summed E-state index contributed by atoms with van der Waals surface area (Å²) in [6.07, 6.45) is 0. The lowest BCUT2D eigenvalue weighted by atomic mass is 10.2. The zero-order valence-electron chi connectivity index (χ0n) is 11.5. The lowest BCUT2D eigenvalue weighted by molar-refractivity contribution is 0.411. The molecular weight excluding hydrogens is 274 g/mol. The van der Waals surface area contributed by atoms with Crippen molar-refractivity contribution in [2.75, 3.05) is 7.11 Å². The van der Waals surface area contributed by atoms with Crippen molar-refractivity contribution in [1.29, 1.82) is 0 Å². The van der Waals surface area contributed by atoms with E-state index in [0.29, 0.717) is 11.4 Å². The molecule has 0 atom stereocenters. The molecule has 0 aliphatic carbocycles. The normalized spacial score (nSPS) is 10.3. The van der Waals surface area contributed by atoms with E-state index in [9.17, 15) is 4.79 Å². The first-order valence-corrected chi connectivity index (χ1v) is 6.40. The highest BCUT2D eigenvalue weighted by Gasteiger charge is 2.13. The van der Waals surface area contributed by atoms with Crippen molar-refractivity contribution in [2.45, 2.75) is 13.8 Å². The maximum absolute atomic E-state index is 11.8. The number of aryl methyl sites for hydroxylation is 2. The summed E-state index contributed by atoms with van der Waals surface area (Å²) in [5.41, 5.74) is 7.81. The highest BCUT2D eigenvalue weighted by Crippen LogP contribution is 2.23. The molecule has 1 aromatic carbocycles. The van der Waals surface area contributed by atoms with Crippen LogP contribution in [0.25, 0.3) is 5.69 Å². The third-order valence-electron chi connectivity index (χ3n) is 2.90. The van der Waals surface area contributed by atoms with E-state index in [0.717, 1.165) is 11.3 Å². The van der Waals surface area contributed by atoms with Gasteiger partial charge in [0.05, 0.1) is 7.11 Å². The quantitative estimate of drug-likeness (QED) is 0.867. The predicted molar refractivity (Wildman–Crippen MR) is 81.7 cm³/mol. The van der Waals surface area contributed by atoms with Crippen LogP contribution in [0.2, 0.25) is 0 Å². The fourth-order valence-electron chi connectivity index (χ4n) is 1.93. The number of ether oxygens (including phenoxy) is 1. The van der Waals surface area contributed by atoms with Gasteiger partial charge in [-0.1, -0.05) is 18.3 Å². The van der Waals surface area contributed by atoms with Crippen LogP contribution in [-0.2, 0) is 0 Å². The van der Waals surface area contributed by atoms with Crippen LogP contribution < -0.4 is 15.9 Å². The van der Waals surface area contributed by atoms with E-state index in [-0.39, 0.29) is 16.1 Å². The van der Waals surface area contributed by atoms with Gasteiger partial charge in [0.25, 0.3) is 0 Å². The van der Waals surface area contributed by atoms with E-state index in [1.165, 1.54) is 6.07 Å². The van der Waals surface area contributed by atoms with Gasteiger partial charge in [-0.05, 0) is 31.5 Å². The molecule has 20 heavy (non-hydrogen) atoms. The summed E-state index contributed by atoms with van der Waals surface area (Å²) in [5, 5.41) is 4.25. The molecule has 2 rings (SSSR count). The van der Waals surface area contributed by atoms with E-state index in [4.69, 9.17) is 22.7 Å². The molecule has 0 saturated heterocycles. The first-order chi connectivity index (χ1) is 9.43. The van der Waals surface area contributed by atoms with Crippen molar-refractivity contribution in [1.82, 2.24) is 9.78 Å². The molecule has 1 heterocycles. The minimum Gasteiger partial charge on any atom is -0.494 e. The van der Waals surface area contributed by atoms with Crippen molar-refractivity contribution >= 4 is 17.2 Å². The number of aromatic nitrogens is 2. The van der Waals surface area contributed by atoms with Crippen LogP contribution in [0.4, 0.5) is 0 Å². The third kappa shape index (κ3) is 2.55. The standard InChI is InChI=1S/C14H15N3O2S/c1-8-4-5-12(19-3)10(6-8)17-9(2)7-11(18)13(16-17)14(15)20/h4-7H,1-3H3,(H2,15,20). The molecule has 6 heteroatoms. The van der Waals surface area contributed by atoms with E-state index in [1.807, 2.05) is 25.1 Å². The molecule has 0 bridgehead atoms. The first kappa shape index (κ1) is 14.2. The molecular formula is C14H15N3O2S. The Morgan fingerprint density at radius 1 is 1.35 bits per heavy atom. The molecule has 0 unspecified atom stereocenters. The van der Waals surface area contributed by atoms with Gasteiger partial charge in [-0.3, -0.25) is 4.79 Å². The van der Waals surface area contributed by atoms with E-state index < -0.39 is 0 Å². The smallest absolute Gasteiger partial charge is 0.210 e. The van der Waals surface area contributed by atoms with Crippen LogP contribution >= 0.6 is 12.2 Å². The van der Waals surface area contributed by atoms with Crippen molar-refractivity contribution < 1.29 is 4.74 Å². The number of hydrogen-bond donors (Lipinski definition) is 1. The number of nitrogens with two attached hydrogens (primary N) is 1. The molecule has 104 valence electrons. The second-order valence-corrected chi connectivity index (χ2v) is 4.89. The Morgan fingerprint density at radius 3 is 2.65 bits per heavy atom. The summed E-state index contributed by atoms with van der Waals surface area (Å²) in [4.78, 5) is 11.8.